The smallest absolute Gasteiger partial charge is 0.355 e. The van der Waals surface area contributed by atoms with Gasteiger partial charge in [0.15, 0.2) is 6.29 Å². The van der Waals surface area contributed by atoms with E-state index in [4.69, 9.17) is 9.47 Å². The summed E-state index contributed by atoms with van der Waals surface area (Å²) in [6.45, 7) is 0.0965. The maximum absolute atomic E-state index is 12.7. The van der Waals surface area contributed by atoms with Gasteiger partial charge in [-0.15, -0.1) is 0 Å². The van der Waals surface area contributed by atoms with Gasteiger partial charge in [-0.25, -0.2) is 4.79 Å². The highest BCUT2D eigenvalue weighted by molar-refractivity contribution is 5.94. The molecule has 2 aromatic rings. The third-order valence-corrected chi connectivity index (χ3v) is 5.77. The summed E-state index contributed by atoms with van der Waals surface area (Å²) in [4.78, 5) is 39.4. The average Bonchev–Trinajstić information content (AvgIpc) is 3.40. The molecule has 1 fully saturated rings. The van der Waals surface area contributed by atoms with Crippen molar-refractivity contribution in [3.8, 4) is 6.07 Å². The summed E-state index contributed by atoms with van der Waals surface area (Å²) in [6.07, 6.45) is 1.19. The Bertz CT molecular complexity index is 988. The van der Waals surface area contributed by atoms with E-state index in [0.29, 0.717) is 23.8 Å². The topological polar surface area (TPSA) is 109 Å². The first-order chi connectivity index (χ1) is 13.6. The zero-order valence-corrected chi connectivity index (χ0v) is 15.2. The van der Waals surface area contributed by atoms with Crippen LogP contribution in [0.5, 0.6) is 0 Å². The predicted molar refractivity (Wildman–Crippen MR) is 96.4 cm³/mol. The highest BCUT2D eigenvalue weighted by Gasteiger charge is 2.57. The fourth-order valence-electron chi connectivity index (χ4n) is 4.66. The lowest BCUT2D eigenvalue weighted by atomic mass is 9.76. The van der Waals surface area contributed by atoms with Gasteiger partial charge in [0, 0.05) is 11.8 Å². The fraction of sp³-hybridized carbons (Fsp3) is 0.333. The Morgan fingerprint density at radius 3 is 2.64 bits per heavy atom. The predicted octanol–water partition coefficient (Wildman–Crippen LogP) is 2.70. The molecule has 7 heteroatoms. The second-order valence-electron chi connectivity index (χ2n) is 7.07. The molecule has 4 atom stereocenters. The van der Waals surface area contributed by atoms with Crippen LogP contribution in [0.1, 0.15) is 55.9 Å². The van der Waals surface area contributed by atoms with Gasteiger partial charge in [-0.2, -0.15) is 5.26 Å². The molecule has 0 aliphatic heterocycles. The number of esters is 2. The van der Waals surface area contributed by atoms with Crippen molar-refractivity contribution < 1.29 is 23.9 Å². The van der Waals surface area contributed by atoms with E-state index in [1.165, 1.54) is 7.11 Å². The fourth-order valence-corrected chi connectivity index (χ4v) is 4.66. The van der Waals surface area contributed by atoms with Gasteiger partial charge >= 0.3 is 11.9 Å². The molecule has 7 nitrogen and oxygen atoms in total. The molecule has 1 saturated carbocycles. The number of aromatic amines is 1. The van der Waals surface area contributed by atoms with Crippen molar-refractivity contribution in [2.75, 3.05) is 7.11 Å². The van der Waals surface area contributed by atoms with Crippen LogP contribution in [0.15, 0.2) is 30.3 Å². The number of aromatic nitrogens is 1. The molecule has 1 aromatic carbocycles. The SMILES string of the molecule is COC(=O)[C@@H]1[C@@H](C#N)[C@H]2C[C@@H]1c1c(C(=O)OCc3ccccc3)[nH]c(C=O)c12. The largest absolute Gasteiger partial charge is 0.469 e. The number of nitrogens with zero attached hydrogens (tertiary/aromatic N) is 1. The van der Waals surface area contributed by atoms with Gasteiger partial charge in [-0.3, -0.25) is 9.59 Å². The third kappa shape index (κ3) is 2.61. The van der Waals surface area contributed by atoms with E-state index >= 15 is 0 Å². The molecule has 0 amide bonds. The molecule has 4 rings (SSSR count). The van der Waals surface area contributed by atoms with Gasteiger partial charge in [-0.1, -0.05) is 30.3 Å². The second-order valence-corrected chi connectivity index (χ2v) is 7.07. The maximum atomic E-state index is 12.7. The Morgan fingerprint density at radius 1 is 1.25 bits per heavy atom. The minimum atomic E-state index is -0.650. The Morgan fingerprint density at radius 2 is 2.00 bits per heavy atom. The van der Waals surface area contributed by atoms with Crippen molar-refractivity contribution in [2.24, 2.45) is 11.8 Å². The third-order valence-electron chi connectivity index (χ3n) is 5.77. The summed E-state index contributed by atoms with van der Waals surface area (Å²) in [5.74, 6) is -2.90. The number of hydrogen-bond donors (Lipinski definition) is 1. The number of rotatable bonds is 5. The molecule has 0 spiro atoms. The summed E-state index contributed by atoms with van der Waals surface area (Å²) in [5, 5.41) is 9.57. The number of hydrogen-bond acceptors (Lipinski definition) is 6. The van der Waals surface area contributed by atoms with E-state index in [9.17, 15) is 19.6 Å². The summed E-state index contributed by atoms with van der Waals surface area (Å²) in [6, 6.07) is 11.4. The molecule has 0 unspecified atom stereocenters. The number of nitriles is 1. The summed E-state index contributed by atoms with van der Waals surface area (Å²) < 4.78 is 10.3. The van der Waals surface area contributed by atoms with Crippen LogP contribution in [-0.4, -0.2) is 30.3 Å². The Labute approximate surface area is 161 Å². The van der Waals surface area contributed by atoms with E-state index in [1.54, 1.807) is 0 Å². The Hall–Kier alpha value is -3.40. The number of fused-ring (bicyclic) bond motifs is 5. The van der Waals surface area contributed by atoms with Crippen LogP contribution in [0.2, 0.25) is 0 Å². The zero-order valence-electron chi connectivity index (χ0n) is 15.2. The normalized spacial score (nSPS) is 24.3. The lowest BCUT2D eigenvalue weighted by Gasteiger charge is -2.25. The van der Waals surface area contributed by atoms with Crippen LogP contribution in [0.3, 0.4) is 0 Å². The number of ether oxygens (including phenoxy) is 2. The first kappa shape index (κ1) is 18.0. The van der Waals surface area contributed by atoms with Crippen LogP contribution in [0.4, 0.5) is 0 Å². The first-order valence-corrected chi connectivity index (χ1v) is 9.00. The van der Waals surface area contributed by atoms with Gasteiger partial charge in [0.1, 0.15) is 12.3 Å². The molecule has 2 aliphatic carbocycles. The van der Waals surface area contributed by atoms with Gasteiger partial charge in [0.2, 0.25) is 0 Å². The number of aldehydes is 1. The van der Waals surface area contributed by atoms with Crippen molar-refractivity contribution in [2.45, 2.75) is 24.9 Å². The van der Waals surface area contributed by atoms with E-state index < -0.39 is 23.8 Å². The molecule has 2 bridgehead atoms. The van der Waals surface area contributed by atoms with Crippen molar-refractivity contribution in [1.82, 2.24) is 4.98 Å². The first-order valence-electron chi connectivity index (χ1n) is 9.00. The summed E-state index contributed by atoms with van der Waals surface area (Å²) >= 11 is 0. The van der Waals surface area contributed by atoms with E-state index in [2.05, 4.69) is 11.1 Å². The minimum absolute atomic E-state index is 0.0965. The minimum Gasteiger partial charge on any atom is -0.469 e. The van der Waals surface area contributed by atoms with E-state index in [-0.39, 0.29) is 29.8 Å². The van der Waals surface area contributed by atoms with Crippen LogP contribution in [-0.2, 0) is 20.9 Å². The monoisotopic (exact) mass is 378 g/mol. The Kier molecular flexibility index (Phi) is 4.47. The van der Waals surface area contributed by atoms with Gasteiger partial charge in [0.05, 0.1) is 30.7 Å². The molecule has 1 N–H and O–H groups in total. The lowest BCUT2D eigenvalue weighted by Crippen LogP contribution is -2.29. The van der Waals surface area contributed by atoms with E-state index in [1.807, 2.05) is 30.3 Å². The molecule has 28 heavy (non-hydrogen) atoms. The second kappa shape index (κ2) is 6.97. The molecule has 0 radical (unpaired) electrons. The molecule has 1 aromatic heterocycles. The van der Waals surface area contributed by atoms with Crippen molar-refractivity contribution in [1.29, 1.82) is 5.26 Å². The van der Waals surface area contributed by atoms with Crippen molar-refractivity contribution >= 4 is 18.2 Å². The van der Waals surface area contributed by atoms with Gasteiger partial charge in [0.25, 0.3) is 0 Å². The number of H-pyrrole nitrogens is 1. The zero-order chi connectivity index (χ0) is 19.8. The lowest BCUT2D eigenvalue weighted by molar-refractivity contribution is -0.146. The highest BCUT2D eigenvalue weighted by atomic mass is 16.5. The number of nitrogens with one attached hydrogen (secondary N) is 1. The molecule has 2 aliphatic rings. The van der Waals surface area contributed by atoms with Crippen molar-refractivity contribution in [3.63, 3.8) is 0 Å². The number of carbonyl (C=O) groups is 3. The number of carbonyl (C=O) groups excluding carboxylic acids is 3. The van der Waals surface area contributed by atoms with Crippen LogP contribution in [0, 0.1) is 23.2 Å². The molecule has 1 heterocycles. The van der Waals surface area contributed by atoms with Crippen molar-refractivity contribution in [3.05, 3.63) is 58.4 Å². The highest BCUT2D eigenvalue weighted by Crippen LogP contribution is 2.61. The van der Waals surface area contributed by atoms with E-state index in [0.717, 1.165) is 5.56 Å². The Balaban J connectivity index is 1.68. The van der Waals surface area contributed by atoms with Gasteiger partial charge in [-0.05, 0) is 23.1 Å². The summed E-state index contributed by atoms with van der Waals surface area (Å²) in [7, 11) is 1.28. The molecule has 0 saturated heterocycles. The maximum Gasteiger partial charge on any atom is 0.355 e. The number of benzene rings is 1. The van der Waals surface area contributed by atoms with Gasteiger partial charge < -0.3 is 14.5 Å². The standard InChI is InChI=1S/C21H18N2O5/c1-27-20(25)16-13-7-12(14(16)8-22)17-15(9-24)23-19(18(13)17)21(26)28-10-11-5-3-2-4-6-11/h2-6,9,12-14,16,23H,7,10H2,1H3/t12-,13+,14+,16+/m1/s1. The molecular weight excluding hydrogens is 360 g/mol. The molecule has 142 valence electrons. The number of methoxy groups -OCH3 is 1. The van der Waals surface area contributed by atoms with Crippen LogP contribution in [0.25, 0.3) is 0 Å². The van der Waals surface area contributed by atoms with Crippen LogP contribution < -0.4 is 0 Å². The average molecular weight is 378 g/mol. The molecular formula is C21H18N2O5. The van der Waals surface area contributed by atoms with Crippen LogP contribution >= 0.6 is 0 Å². The quantitative estimate of drug-likeness (QED) is 0.633. The summed E-state index contributed by atoms with van der Waals surface area (Å²) in [5.41, 5.74) is 2.59.